The van der Waals surface area contributed by atoms with E-state index in [1.165, 1.54) is 22.4 Å². The lowest BCUT2D eigenvalue weighted by Gasteiger charge is -2.17. The van der Waals surface area contributed by atoms with Gasteiger partial charge in [0.25, 0.3) is 0 Å². The zero-order valence-corrected chi connectivity index (χ0v) is 14.4. The van der Waals surface area contributed by atoms with Gasteiger partial charge in [0, 0.05) is 17.7 Å². The molecular formula is C19H18ClNO4. The zero-order chi connectivity index (χ0) is 18.3. The van der Waals surface area contributed by atoms with Gasteiger partial charge in [-0.1, -0.05) is 48.5 Å². The van der Waals surface area contributed by atoms with Gasteiger partial charge in [0.15, 0.2) is 6.20 Å². The van der Waals surface area contributed by atoms with E-state index < -0.39 is 10.2 Å². The van der Waals surface area contributed by atoms with Gasteiger partial charge in [-0.25, -0.2) is 18.6 Å². The standard InChI is InChI=1S/C19H18N.ClHO4/c1-2-20-14-13-18(16-9-5-3-6-10-16)15-19(20)17-11-7-4-8-12-17;2-1(3,4)5/h3-15H,2H2,1H3;(H,2,3,4,5)/q+1;/p-1. The summed E-state index contributed by atoms with van der Waals surface area (Å²) in [5, 5.41) is 0. The molecule has 130 valence electrons. The van der Waals surface area contributed by atoms with Gasteiger partial charge in [-0.15, -0.1) is 10.2 Å². The highest BCUT2D eigenvalue weighted by molar-refractivity contribution is 5.68. The SMILES string of the molecule is CC[n+]1ccc(-c2ccccc2)cc1-c1ccccc1.[O-][Cl+3]([O-])([O-])[O-]. The maximum Gasteiger partial charge on any atom is 0.213 e. The first-order valence-corrected chi connectivity index (χ1v) is 8.88. The zero-order valence-electron chi connectivity index (χ0n) is 13.7. The number of rotatable bonds is 3. The Morgan fingerprint density at radius 3 is 1.68 bits per heavy atom. The smallest absolute Gasteiger partial charge is 0.213 e. The average Bonchev–Trinajstić information content (AvgIpc) is 2.61. The van der Waals surface area contributed by atoms with Crippen molar-refractivity contribution in [3.63, 3.8) is 0 Å². The van der Waals surface area contributed by atoms with Crippen molar-refractivity contribution in [1.29, 1.82) is 0 Å². The third-order valence-electron chi connectivity index (χ3n) is 3.55. The number of pyridine rings is 1. The molecule has 3 aromatic rings. The van der Waals surface area contributed by atoms with E-state index in [1.54, 1.807) is 0 Å². The summed E-state index contributed by atoms with van der Waals surface area (Å²) in [6, 6.07) is 25.5. The number of aromatic nitrogens is 1. The molecule has 0 N–H and O–H groups in total. The van der Waals surface area contributed by atoms with Gasteiger partial charge >= 0.3 is 0 Å². The summed E-state index contributed by atoms with van der Waals surface area (Å²) >= 11 is 0. The molecule has 2 aromatic carbocycles. The molecule has 0 aliphatic heterocycles. The third-order valence-corrected chi connectivity index (χ3v) is 3.55. The topological polar surface area (TPSA) is 96.1 Å². The summed E-state index contributed by atoms with van der Waals surface area (Å²) < 4.78 is 36.3. The molecule has 1 aromatic heterocycles. The molecule has 0 radical (unpaired) electrons. The maximum absolute atomic E-state index is 8.49. The minimum atomic E-state index is -4.94. The molecule has 3 rings (SSSR count). The number of nitrogens with zero attached hydrogens (tertiary/aromatic N) is 1. The van der Waals surface area contributed by atoms with Crippen molar-refractivity contribution >= 4 is 0 Å². The molecule has 0 amide bonds. The fraction of sp³-hybridized carbons (Fsp3) is 0.105. The normalized spacial score (nSPS) is 10.8. The van der Waals surface area contributed by atoms with Crippen LogP contribution in [0.25, 0.3) is 22.4 Å². The fourth-order valence-electron chi connectivity index (χ4n) is 2.47. The average molecular weight is 360 g/mol. The predicted molar refractivity (Wildman–Crippen MR) is 83.2 cm³/mol. The molecule has 0 saturated carbocycles. The molecule has 5 nitrogen and oxygen atoms in total. The molecule has 1 heterocycles. The molecule has 25 heavy (non-hydrogen) atoms. The molecule has 6 heteroatoms. The summed E-state index contributed by atoms with van der Waals surface area (Å²) in [5.41, 5.74) is 5.03. The first-order chi connectivity index (χ1) is 11.9. The Hall–Kier alpha value is -2.28. The number of benzene rings is 2. The van der Waals surface area contributed by atoms with Crippen molar-refractivity contribution in [3.05, 3.63) is 79.0 Å². The van der Waals surface area contributed by atoms with Gasteiger partial charge in [0.2, 0.25) is 5.69 Å². The maximum atomic E-state index is 8.49. The second-order valence-electron chi connectivity index (χ2n) is 5.20. The summed E-state index contributed by atoms with van der Waals surface area (Å²) in [6.45, 7) is 3.15. The van der Waals surface area contributed by atoms with Crippen LogP contribution in [0.15, 0.2) is 79.0 Å². The van der Waals surface area contributed by atoms with Gasteiger partial charge in [-0.2, -0.15) is 4.57 Å². The summed E-state index contributed by atoms with van der Waals surface area (Å²) in [6.07, 6.45) is 2.17. The molecule has 0 spiro atoms. The highest BCUT2D eigenvalue weighted by Crippen LogP contribution is 2.23. The highest BCUT2D eigenvalue weighted by atomic mass is 35.7. The summed E-state index contributed by atoms with van der Waals surface area (Å²) in [4.78, 5) is 0. The second kappa shape index (κ2) is 8.71. The van der Waals surface area contributed by atoms with Crippen LogP contribution >= 0.6 is 0 Å². The van der Waals surface area contributed by atoms with Crippen LogP contribution in [0.3, 0.4) is 0 Å². The van der Waals surface area contributed by atoms with Crippen LogP contribution in [0.5, 0.6) is 0 Å². The van der Waals surface area contributed by atoms with Crippen LogP contribution in [0, 0.1) is 10.2 Å². The van der Waals surface area contributed by atoms with E-state index in [0.29, 0.717) is 0 Å². The van der Waals surface area contributed by atoms with E-state index in [-0.39, 0.29) is 0 Å². The number of halogens is 1. The van der Waals surface area contributed by atoms with Crippen LogP contribution in [0.2, 0.25) is 0 Å². The quantitative estimate of drug-likeness (QED) is 0.593. The van der Waals surface area contributed by atoms with E-state index >= 15 is 0 Å². The van der Waals surface area contributed by atoms with Crippen molar-refractivity contribution < 1.29 is 33.4 Å². The van der Waals surface area contributed by atoms with Crippen LogP contribution in [0.1, 0.15) is 6.92 Å². The van der Waals surface area contributed by atoms with E-state index in [1.807, 2.05) is 0 Å². The van der Waals surface area contributed by atoms with E-state index in [9.17, 15) is 0 Å². The lowest BCUT2D eigenvalue weighted by Crippen LogP contribution is -2.68. The fourth-order valence-corrected chi connectivity index (χ4v) is 2.47. The van der Waals surface area contributed by atoms with Gasteiger partial charge in [0.1, 0.15) is 6.54 Å². The van der Waals surface area contributed by atoms with Crippen LogP contribution in [-0.2, 0) is 6.54 Å². The van der Waals surface area contributed by atoms with Gasteiger partial charge in [-0.3, -0.25) is 0 Å². The van der Waals surface area contributed by atoms with Crippen molar-refractivity contribution in [2.45, 2.75) is 13.5 Å². The molecule has 0 fully saturated rings. The molecular weight excluding hydrogens is 342 g/mol. The largest absolute Gasteiger partial charge is 0.222 e. The molecule has 0 bridgehead atoms. The molecule has 0 saturated heterocycles. The monoisotopic (exact) mass is 359 g/mol. The van der Waals surface area contributed by atoms with Crippen LogP contribution < -0.4 is 23.2 Å². The lowest BCUT2D eigenvalue weighted by molar-refractivity contribution is -2.00. The second-order valence-corrected chi connectivity index (χ2v) is 5.95. The van der Waals surface area contributed by atoms with E-state index in [0.717, 1.165) is 6.54 Å². The van der Waals surface area contributed by atoms with Crippen molar-refractivity contribution in [2.75, 3.05) is 0 Å². The summed E-state index contributed by atoms with van der Waals surface area (Å²) in [5.74, 6) is 0. The summed E-state index contributed by atoms with van der Waals surface area (Å²) in [7, 11) is -4.94. The van der Waals surface area contributed by atoms with Crippen molar-refractivity contribution in [1.82, 2.24) is 0 Å². The molecule has 0 aliphatic rings. The van der Waals surface area contributed by atoms with Crippen LogP contribution in [0.4, 0.5) is 0 Å². The lowest BCUT2D eigenvalue weighted by atomic mass is 10.0. The van der Waals surface area contributed by atoms with Gasteiger partial charge in [-0.05, 0) is 30.2 Å². The Kier molecular flexibility index (Phi) is 6.64. The Morgan fingerprint density at radius 1 is 0.720 bits per heavy atom. The Morgan fingerprint density at radius 2 is 1.20 bits per heavy atom. The van der Waals surface area contributed by atoms with E-state index in [4.69, 9.17) is 18.6 Å². The molecule has 0 atom stereocenters. The molecule has 0 unspecified atom stereocenters. The Bertz CT molecular complexity index is 784. The third kappa shape index (κ3) is 6.26. The molecule has 0 aliphatic carbocycles. The van der Waals surface area contributed by atoms with Crippen molar-refractivity contribution in [2.24, 2.45) is 0 Å². The first kappa shape index (κ1) is 19.1. The van der Waals surface area contributed by atoms with Crippen LogP contribution in [-0.4, -0.2) is 0 Å². The minimum Gasteiger partial charge on any atom is -0.222 e. The predicted octanol–water partition coefficient (Wildman–Crippen LogP) is -0.428. The minimum absolute atomic E-state index is 0.972. The number of hydrogen-bond acceptors (Lipinski definition) is 4. The Balaban J connectivity index is 0.000000399. The van der Waals surface area contributed by atoms with E-state index in [2.05, 4.69) is 90.5 Å². The highest BCUT2D eigenvalue weighted by Gasteiger charge is 2.12. The number of aryl methyl sites for hydroxylation is 1. The van der Waals surface area contributed by atoms with Gasteiger partial charge in [0.05, 0.1) is 0 Å². The van der Waals surface area contributed by atoms with Gasteiger partial charge < -0.3 is 0 Å². The van der Waals surface area contributed by atoms with Crippen molar-refractivity contribution in [3.8, 4) is 22.4 Å². The number of hydrogen-bond donors (Lipinski definition) is 0. The first-order valence-electron chi connectivity index (χ1n) is 7.64. The Labute approximate surface area is 148 Å².